The summed E-state index contributed by atoms with van der Waals surface area (Å²) < 4.78 is 12.6. The van der Waals surface area contributed by atoms with Gasteiger partial charge in [-0.25, -0.2) is 0 Å². The van der Waals surface area contributed by atoms with Crippen molar-refractivity contribution < 1.29 is 4.21 Å². The summed E-state index contributed by atoms with van der Waals surface area (Å²) in [7, 11) is 0.927. The van der Waals surface area contributed by atoms with Gasteiger partial charge in [-0.1, -0.05) is 41.5 Å². The van der Waals surface area contributed by atoms with Gasteiger partial charge in [0, 0.05) is 16.7 Å². The highest BCUT2D eigenvalue weighted by molar-refractivity contribution is 7.85. The lowest BCUT2D eigenvalue weighted by molar-refractivity contribution is 0.635. The zero-order chi connectivity index (χ0) is 15.4. The lowest BCUT2D eigenvalue weighted by Gasteiger charge is -2.18. The molecule has 0 radical (unpaired) electrons. The summed E-state index contributed by atoms with van der Waals surface area (Å²) in [5.41, 5.74) is 4.84. The first-order valence-corrected chi connectivity index (χ1v) is 8.52. The molecule has 0 heterocycles. The van der Waals surface area contributed by atoms with Crippen molar-refractivity contribution in [3.63, 3.8) is 0 Å². The van der Waals surface area contributed by atoms with E-state index in [1.807, 2.05) is 38.2 Å². The van der Waals surface area contributed by atoms with E-state index in [9.17, 15) is 4.21 Å². The van der Waals surface area contributed by atoms with Crippen molar-refractivity contribution in [2.24, 2.45) is 0 Å². The second-order valence-electron chi connectivity index (χ2n) is 5.59. The van der Waals surface area contributed by atoms with Crippen molar-refractivity contribution >= 4 is 10.8 Å². The Kier molecular flexibility index (Phi) is 5.32. The predicted octanol–water partition coefficient (Wildman–Crippen LogP) is 3.68. The minimum atomic E-state index is -1.000. The summed E-state index contributed by atoms with van der Waals surface area (Å²) >= 11 is 0. The molecule has 0 amide bonds. The number of hydrogen-bond acceptors (Lipinski definition) is 2. The molecule has 2 rings (SSSR count). The molecule has 0 saturated carbocycles. The Labute approximate surface area is 130 Å². The molecule has 0 aliphatic heterocycles. The van der Waals surface area contributed by atoms with Crippen LogP contribution in [0, 0.1) is 20.8 Å². The van der Waals surface area contributed by atoms with Gasteiger partial charge in [0.1, 0.15) is 0 Å². The fourth-order valence-electron chi connectivity index (χ4n) is 2.56. The fourth-order valence-corrected chi connectivity index (χ4v) is 3.96. The molecule has 0 aliphatic rings. The molecular formula is C18H23NOS. The third-order valence-corrected chi connectivity index (χ3v) is 4.98. The standard InChI is InChI=1S/C18H23NOS/c1-13-6-5-7-17(11-13)21(20)12-18(19-4)16-9-14(2)8-15(3)10-16/h5-11,18-19H,12H2,1-4H3. The lowest BCUT2D eigenvalue weighted by atomic mass is 10.0. The van der Waals surface area contributed by atoms with E-state index in [4.69, 9.17) is 0 Å². The highest BCUT2D eigenvalue weighted by atomic mass is 32.2. The van der Waals surface area contributed by atoms with Crippen LogP contribution in [0.1, 0.15) is 28.3 Å². The molecule has 0 aliphatic carbocycles. The summed E-state index contributed by atoms with van der Waals surface area (Å²) in [4.78, 5) is 0.902. The van der Waals surface area contributed by atoms with Crippen molar-refractivity contribution in [2.75, 3.05) is 12.8 Å². The Balaban J connectivity index is 2.20. The largest absolute Gasteiger partial charge is 0.312 e. The van der Waals surface area contributed by atoms with Crippen molar-refractivity contribution in [3.05, 3.63) is 64.7 Å². The summed E-state index contributed by atoms with van der Waals surface area (Å²) in [6.07, 6.45) is 0. The van der Waals surface area contributed by atoms with Crippen LogP contribution >= 0.6 is 0 Å². The number of aryl methyl sites for hydroxylation is 3. The molecule has 2 unspecified atom stereocenters. The van der Waals surface area contributed by atoms with Gasteiger partial charge in [0.15, 0.2) is 0 Å². The van der Waals surface area contributed by atoms with E-state index in [0.717, 1.165) is 10.5 Å². The zero-order valence-corrected chi connectivity index (χ0v) is 14.0. The third kappa shape index (κ3) is 4.26. The summed E-state index contributed by atoms with van der Waals surface area (Å²) in [5, 5.41) is 3.30. The van der Waals surface area contributed by atoms with E-state index in [1.54, 1.807) is 0 Å². The van der Waals surface area contributed by atoms with Gasteiger partial charge in [-0.15, -0.1) is 0 Å². The van der Waals surface area contributed by atoms with E-state index < -0.39 is 10.8 Å². The molecule has 0 fully saturated rings. The topological polar surface area (TPSA) is 29.1 Å². The summed E-state index contributed by atoms with van der Waals surface area (Å²) in [6.45, 7) is 6.22. The molecule has 21 heavy (non-hydrogen) atoms. The molecule has 0 aromatic heterocycles. The third-order valence-electron chi connectivity index (χ3n) is 3.57. The van der Waals surface area contributed by atoms with Crippen molar-refractivity contribution in [3.8, 4) is 0 Å². The van der Waals surface area contributed by atoms with Gasteiger partial charge in [0.05, 0.1) is 10.8 Å². The minimum Gasteiger partial charge on any atom is -0.312 e. The highest BCUT2D eigenvalue weighted by Gasteiger charge is 2.15. The molecule has 2 atom stereocenters. The van der Waals surface area contributed by atoms with Gasteiger partial charge in [-0.3, -0.25) is 4.21 Å². The van der Waals surface area contributed by atoms with Crippen LogP contribution in [0.3, 0.4) is 0 Å². The van der Waals surface area contributed by atoms with Crippen LogP contribution in [0.5, 0.6) is 0 Å². The van der Waals surface area contributed by atoms with Gasteiger partial charge < -0.3 is 5.32 Å². The average Bonchev–Trinajstić information content (AvgIpc) is 2.43. The maximum absolute atomic E-state index is 12.6. The minimum absolute atomic E-state index is 0.102. The van der Waals surface area contributed by atoms with E-state index in [2.05, 4.69) is 37.4 Å². The van der Waals surface area contributed by atoms with E-state index in [-0.39, 0.29) is 6.04 Å². The fraction of sp³-hybridized carbons (Fsp3) is 0.333. The van der Waals surface area contributed by atoms with Crippen LogP contribution in [0.2, 0.25) is 0 Å². The van der Waals surface area contributed by atoms with Crippen LogP contribution < -0.4 is 5.32 Å². The van der Waals surface area contributed by atoms with E-state index in [0.29, 0.717) is 5.75 Å². The number of hydrogen-bond donors (Lipinski definition) is 1. The van der Waals surface area contributed by atoms with Crippen LogP contribution in [0.4, 0.5) is 0 Å². The molecule has 2 aromatic rings. The molecule has 112 valence electrons. The Bertz CT molecular complexity index is 631. The van der Waals surface area contributed by atoms with Gasteiger partial charge in [-0.05, 0) is 51.1 Å². The van der Waals surface area contributed by atoms with Crippen molar-refractivity contribution in [2.45, 2.75) is 31.7 Å². The zero-order valence-electron chi connectivity index (χ0n) is 13.1. The Morgan fingerprint density at radius 2 is 1.67 bits per heavy atom. The quantitative estimate of drug-likeness (QED) is 0.913. The summed E-state index contributed by atoms with van der Waals surface area (Å²) in [6, 6.07) is 14.5. The molecule has 0 saturated heterocycles. The van der Waals surface area contributed by atoms with Crippen LogP contribution in [0.25, 0.3) is 0 Å². The maximum Gasteiger partial charge on any atom is 0.0548 e. The summed E-state index contributed by atoms with van der Waals surface area (Å²) in [5.74, 6) is 0.586. The first-order valence-electron chi connectivity index (χ1n) is 7.20. The van der Waals surface area contributed by atoms with Crippen molar-refractivity contribution in [1.29, 1.82) is 0 Å². The van der Waals surface area contributed by atoms with Gasteiger partial charge in [0.25, 0.3) is 0 Å². The Hall–Kier alpha value is -1.45. The molecule has 0 bridgehead atoms. The second kappa shape index (κ2) is 7.01. The number of rotatable bonds is 5. The van der Waals surface area contributed by atoms with Crippen molar-refractivity contribution in [1.82, 2.24) is 5.32 Å². The van der Waals surface area contributed by atoms with Crippen LogP contribution in [0.15, 0.2) is 47.4 Å². The molecule has 3 heteroatoms. The first kappa shape index (κ1) is 15.9. The smallest absolute Gasteiger partial charge is 0.0548 e. The van der Waals surface area contributed by atoms with Crippen LogP contribution in [-0.2, 0) is 10.8 Å². The monoisotopic (exact) mass is 301 g/mol. The van der Waals surface area contributed by atoms with Crippen LogP contribution in [-0.4, -0.2) is 17.0 Å². The average molecular weight is 301 g/mol. The number of nitrogens with one attached hydrogen (secondary N) is 1. The molecule has 2 nitrogen and oxygen atoms in total. The molecular weight excluding hydrogens is 278 g/mol. The number of benzene rings is 2. The van der Waals surface area contributed by atoms with Gasteiger partial charge in [0.2, 0.25) is 0 Å². The first-order chi connectivity index (χ1) is 9.99. The molecule has 0 spiro atoms. The normalized spacial score (nSPS) is 13.9. The maximum atomic E-state index is 12.6. The van der Waals surface area contributed by atoms with Gasteiger partial charge >= 0.3 is 0 Å². The lowest BCUT2D eigenvalue weighted by Crippen LogP contribution is -2.23. The molecule has 2 aromatic carbocycles. The Morgan fingerprint density at radius 1 is 1.00 bits per heavy atom. The van der Waals surface area contributed by atoms with E-state index >= 15 is 0 Å². The van der Waals surface area contributed by atoms with Gasteiger partial charge in [-0.2, -0.15) is 0 Å². The second-order valence-corrected chi connectivity index (χ2v) is 7.09. The highest BCUT2D eigenvalue weighted by Crippen LogP contribution is 2.20. The SMILES string of the molecule is CNC(CS(=O)c1cccc(C)c1)c1cc(C)cc(C)c1. The molecule has 1 N–H and O–H groups in total. The predicted molar refractivity (Wildman–Crippen MR) is 90.2 cm³/mol. The van der Waals surface area contributed by atoms with E-state index in [1.165, 1.54) is 16.7 Å². The Morgan fingerprint density at radius 3 is 2.24 bits per heavy atom.